The molecule has 0 bridgehead atoms. The van der Waals surface area contributed by atoms with Crippen LogP contribution in [0.5, 0.6) is 0 Å². The third kappa shape index (κ3) is 4.17. The number of anilines is 1. The van der Waals surface area contributed by atoms with Crippen molar-refractivity contribution in [3.63, 3.8) is 0 Å². The largest absolute Gasteiger partial charge is 0.324 e. The van der Waals surface area contributed by atoms with Gasteiger partial charge in [0.05, 0.1) is 5.69 Å². The van der Waals surface area contributed by atoms with E-state index >= 15 is 0 Å². The number of aromatic nitrogens is 4. The molecule has 0 spiro atoms. The van der Waals surface area contributed by atoms with Crippen LogP contribution in [0.1, 0.15) is 28.7 Å². The zero-order valence-corrected chi connectivity index (χ0v) is 15.3. The molecule has 1 aromatic carbocycles. The summed E-state index contributed by atoms with van der Waals surface area (Å²) in [4.78, 5) is 35.6. The molecule has 138 valence electrons. The van der Waals surface area contributed by atoms with Crippen molar-refractivity contribution in [2.45, 2.75) is 27.3 Å². The van der Waals surface area contributed by atoms with Crippen LogP contribution in [-0.2, 0) is 11.3 Å². The van der Waals surface area contributed by atoms with Crippen molar-refractivity contribution in [3.8, 4) is 5.82 Å². The number of nitrogens with zero attached hydrogens (tertiary/aromatic N) is 4. The molecule has 2 heterocycles. The van der Waals surface area contributed by atoms with Gasteiger partial charge < -0.3 is 5.32 Å². The minimum atomic E-state index is -0.398. The molecule has 0 aliphatic rings. The first-order chi connectivity index (χ1) is 12.8. The lowest BCUT2D eigenvalue weighted by molar-refractivity contribution is -0.117. The lowest BCUT2D eigenvalue weighted by Gasteiger charge is -2.09. The van der Waals surface area contributed by atoms with Gasteiger partial charge in [0.2, 0.25) is 5.91 Å². The second-order valence-corrected chi connectivity index (χ2v) is 6.21. The van der Waals surface area contributed by atoms with Crippen LogP contribution in [0.4, 0.5) is 5.69 Å². The van der Waals surface area contributed by atoms with Gasteiger partial charge in [-0.15, -0.1) is 5.10 Å². The Bertz CT molecular complexity index is 1060. The molecule has 0 saturated carbocycles. The van der Waals surface area contributed by atoms with Crippen LogP contribution in [0.3, 0.4) is 0 Å². The molecular formula is C19H19N5O3. The second-order valence-electron chi connectivity index (χ2n) is 6.21. The van der Waals surface area contributed by atoms with E-state index in [-0.39, 0.29) is 17.9 Å². The SMILES string of the molecule is CC(=O)c1ccc(NC(=O)Cn2nc(-n3nc(C)cc3C)ccc2=O)cc1. The van der Waals surface area contributed by atoms with Crippen LogP contribution < -0.4 is 10.9 Å². The lowest BCUT2D eigenvalue weighted by Crippen LogP contribution is -2.30. The highest BCUT2D eigenvalue weighted by molar-refractivity contribution is 5.95. The number of nitrogens with one attached hydrogen (secondary N) is 1. The van der Waals surface area contributed by atoms with Gasteiger partial charge in [0, 0.05) is 23.0 Å². The average molecular weight is 365 g/mol. The standard InChI is InChI=1S/C19H19N5O3/c1-12-10-13(2)24(21-12)17-8-9-19(27)23(22-17)11-18(26)20-16-6-4-15(5-7-16)14(3)25/h4-10H,11H2,1-3H3,(H,20,26). The zero-order valence-electron chi connectivity index (χ0n) is 15.3. The van der Waals surface area contributed by atoms with Crippen molar-refractivity contribution in [3.05, 3.63) is 69.8 Å². The van der Waals surface area contributed by atoms with Crippen LogP contribution in [-0.4, -0.2) is 31.3 Å². The van der Waals surface area contributed by atoms with Gasteiger partial charge in [0.15, 0.2) is 11.6 Å². The Kier molecular flexibility index (Phi) is 4.98. The molecule has 1 N–H and O–H groups in total. The first-order valence-corrected chi connectivity index (χ1v) is 8.36. The monoisotopic (exact) mass is 365 g/mol. The van der Waals surface area contributed by atoms with Gasteiger partial charge in [-0.2, -0.15) is 5.10 Å². The average Bonchev–Trinajstić information content (AvgIpc) is 2.95. The predicted molar refractivity (Wildman–Crippen MR) is 100 cm³/mol. The van der Waals surface area contributed by atoms with E-state index in [1.165, 1.54) is 13.0 Å². The van der Waals surface area contributed by atoms with Crippen molar-refractivity contribution >= 4 is 17.4 Å². The smallest absolute Gasteiger partial charge is 0.267 e. The number of carbonyl (C=O) groups excluding carboxylic acids is 2. The van der Waals surface area contributed by atoms with Crippen LogP contribution >= 0.6 is 0 Å². The molecule has 0 aliphatic carbocycles. The Hall–Kier alpha value is -3.55. The zero-order chi connectivity index (χ0) is 19.6. The van der Waals surface area contributed by atoms with E-state index in [1.54, 1.807) is 35.0 Å². The number of hydrogen-bond donors (Lipinski definition) is 1. The molecule has 8 nitrogen and oxygen atoms in total. The normalized spacial score (nSPS) is 10.6. The summed E-state index contributed by atoms with van der Waals surface area (Å²) in [6, 6.07) is 11.4. The molecule has 2 aromatic heterocycles. The van der Waals surface area contributed by atoms with E-state index in [0.717, 1.165) is 16.1 Å². The van der Waals surface area contributed by atoms with E-state index in [9.17, 15) is 14.4 Å². The van der Waals surface area contributed by atoms with Crippen molar-refractivity contribution < 1.29 is 9.59 Å². The highest BCUT2D eigenvalue weighted by atomic mass is 16.2. The fourth-order valence-electron chi connectivity index (χ4n) is 2.65. The molecule has 27 heavy (non-hydrogen) atoms. The lowest BCUT2D eigenvalue weighted by atomic mass is 10.1. The molecule has 8 heteroatoms. The van der Waals surface area contributed by atoms with E-state index in [0.29, 0.717) is 17.1 Å². The maximum atomic E-state index is 12.3. The number of benzene rings is 1. The molecular weight excluding hydrogens is 346 g/mol. The molecule has 3 aromatic rings. The third-order valence-corrected chi connectivity index (χ3v) is 3.95. The molecule has 0 saturated heterocycles. The Balaban J connectivity index is 1.77. The van der Waals surface area contributed by atoms with E-state index in [2.05, 4.69) is 15.5 Å². The van der Waals surface area contributed by atoms with Crippen molar-refractivity contribution in [2.75, 3.05) is 5.32 Å². The first kappa shape index (κ1) is 18.2. The Morgan fingerprint density at radius 3 is 2.33 bits per heavy atom. The van der Waals surface area contributed by atoms with Crippen LogP contribution in [0, 0.1) is 13.8 Å². The van der Waals surface area contributed by atoms with Gasteiger partial charge in [0.25, 0.3) is 5.56 Å². The van der Waals surface area contributed by atoms with Crippen molar-refractivity contribution in [1.82, 2.24) is 19.6 Å². The van der Waals surface area contributed by atoms with Crippen LogP contribution in [0.2, 0.25) is 0 Å². The summed E-state index contributed by atoms with van der Waals surface area (Å²) in [6.07, 6.45) is 0. The Labute approximate surface area is 155 Å². The summed E-state index contributed by atoms with van der Waals surface area (Å²) in [7, 11) is 0. The minimum absolute atomic E-state index is 0.0513. The molecule has 1 amide bonds. The summed E-state index contributed by atoms with van der Waals surface area (Å²) >= 11 is 0. The highest BCUT2D eigenvalue weighted by Gasteiger charge is 2.11. The first-order valence-electron chi connectivity index (χ1n) is 8.36. The summed E-state index contributed by atoms with van der Waals surface area (Å²) in [6.45, 7) is 4.99. The van der Waals surface area contributed by atoms with E-state index in [1.807, 2.05) is 19.9 Å². The van der Waals surface area contributed by atoms with Gasteiger partial charge in [-0.05, 0) is 57.2 Å². The topological polar surface area (TPSA) is 98.9 Å². The third-order valence-electron chi connectivity index (χ3n) is 3.95. The van der Waals surface area contributed by atoms with Gasteiger partial charge in [-0.1, -0.05) is 0 Å². The highest BCUT2D eigenvalue weighted by Crippen LogP contribution is 2.10. The van der Waals surface area contributed by atoms with Gasteiger partial charge in [0.1, 0.15) is 6.54 Å². The molecule has 0 unspecified atom stereocenters. The number of Topliss-reactive ketones (excluding diaryl/α,β-unsaturated/α-hetero) is 1. The summed E-state index contributed by atoms with van der Waals surface area (Å²) in [5.41, 5.74) is 2.41. The molecule has 0 fully saturated rings. The summed E-state index contributed by atoms with van der Waals surface area (Å²) in [5.74, 6) is 0.00843. The number of rotatable bonds is 5. The Morgan fingerprint density at radius 2 is 1.74 bits per heavy atom. The second kappa shape index (κ2) is 7.36. The van der Waals surface area contributed by atoms with Crippen LogP contribution in [0.25, 0.3) is 5.82 Å². The molecule has 0 radical (unpaired) electrons. The quantitative estimate of drug-likeness (QED) is 0.696. The predicted octanol–water partition coefficient (Wildman–Crippen LogP) is 1.89. The molecule has 3 rings (SSSR count). The van der Waals surface area contributed by atoms with Crippen molar-refractivity contribution in [1.29, 1.82) is 0 Å². The number of carbonyl (C=O) groups is 2. The van der Waals surface area contributed by atoms with Gasteiger partial charge >= 0.3 is 0 Å². The number of hydrogen-bond acceptors (Lipinski definition) is 5. The summed E-state index contributed by atoms with van der Waals surface area (Å²) in [5, 5.41) is 11.3. The number of ketones is 1. The van der Waals surface area contributed by atoms with Crippen molar-refractivity contribution in [2.24, 2.45) is 0 Å². The Morgan fingerprint density at radius 1 is 1.04 bits per heavy atom. The minimum Gasteiger partial charge on any atom is -0.324 e. The maximum Gasteiger partial charge on any atom is 0.267 e. The number of amides is 1. The van der Waals surface area contributed by atoms with Crippen LogP contribution in [0.15, 0.2) is 47.3 Å². The van der Waals surface area contributed by atoms with E-state index < -0.39 is 5.91 Å². The van der Waals surface area contributed by atoms with Gasteiger partial charge in [-0.25, -0.2) is 9.36 Å². The van der Waals surface area contributed by atoms with E-state index in [4.69, 9.17) is 0 Å². The molecule has 0 aliphatic heterocycles. The number of aryl methyl sites for hydroxylation is 2. The maximum absolute atomic E-state index is 12.3. The fraction of sp³-hybridized carbons (Fsp3) is 0.211. The van der Waals surface area contributed by atoms with Gasteiger partial charge in [-0.3, -0.25) is 14.4 Å². The molecule has 0 atom stereocenters. The summed E-state index contributed by atoms with van der Waals surface area (Å²) < 4.78 is 2.70. The fourth-order valence-corrected chi connectivity index (χ4v) is 2.65.